The Kier molecular flexibility index (Phi) is 7.98. The number of carbonyl (C=O) groups excluding carboxylic acids is 1. The molecule has 0 radical (unpaired) electrons. The monoisotopic (exact) mass is 479 g/mol. The molecule has 0 spiro atoms. The summed E-state index contributed by atoms with van der Waals surface area (Å²) in [5.74, 6) is -2.62. The van der Waals surface area contributed by atoms with Crippen molar-refractivity contribution in [1.29, 1.82) is 0 Å². The molecule has 3 heterocycles. The number of alkyl halides is 3. The van der Waals surface area contributed by atoms with E-state index in [0.717, 1.165) is 26.1 Å². The van der Waals surface area contributed by atoms with Crippen molar-refractivity contribution in [2.24, 2.45) is 5.92 Å². The van der Waals surface area contributed by atoms with Crippen molar-refractivity contribution in [2.45, 2.75) is 45.6 Å². The van der Waals surface area contributed by atoms with Crippen LogP contribution >= 0.6 is 0 Å². The van der Waals surface area contributed by atoms with Crippen LogP contribution in [0.25, 0.3) is 10.9 Å². The van der Waals surface area contributed by atoms with E-state index in [1.165, 1.54) is 22.2 Å². The van der Waals surface area contributed by atoms with E-state index in [1.807, 2.05) is 26.2 Å². The van der Waals surface area contributed by atoms with E-state index >= 15 is 0 Å². The lowest BCUT2D eigenvalue weighted by molar-refractivity contribution is -0.192. The molecule has 1 amide bonds. The van der Waals surface area contributed by atoms with Gasteiger partial charge in [-0.3, -0.25) is 14.4 Å². The van der Waals surface area contributed by atoms with E-state index in [1.54, 1.807) is 0 Å². The number of aliphatic carboxylic acids is 1. The molecule has 11 heteroatoms. The first kappa shape index (κ1) is 25.3. The Hall–Kier alpha value is -3.34. The van der Waals surface area contributed by atoms with Crippen LogP contribution in [0.4, 0.5) is 13.2 Å². The van der Waals surface area contributed by atoms with E-state index in [2.05, 4.69) is 55.3 Å². The second-order valence-corrected chi connectivity index (χ2v) is 8.48. The standard InChI is InChI=1S/C21H27N5O.C2HF3O2/c1-15(2)21(27)23-9-6-17-13-25(14-18-7-11-24-26(17)18)12-16-4-3-5-20-19(16)8-10-22-20;3-2(4,5)1(6)7/h3-5,7-8,10-11,15,17,22H,6,9,12-14H2,1-2H3,(H,23,27);(H,6,7). The Morgan fingerprint density at radius 2 is 2.00 bits per heavy atom. The van der Waals surface area contributed by atoms with Gasteiger partial charge in [-0.25, -0.2) is 4.79 Å². The zero-order valence-corrected chi connectivity index (χ0v) is 19.0. The maximum absolute atomic E-state index is 11.8. The van der Waals surface area contributed by atoms with Crippen LogP contribution in [0.2, 0.25) is 0 Å². The second kappa shape index (κ2) is 10.7. The third-order valence-corrected chi connectivity index (χ3v) is 5.58. The first-order valence-corrected chi connectivity index (χ1v) is 10.9. The van der Waals surface area contributed by atoms with Gasteiger partial charge in [-0.05, 0) is 30.2 Å². The molecule has 0 bridgehead atoms. The number of hydrogen-bond acceptors (Lipinski definition) is 4. The van der Waals surface area contributed by atoms with Crippen LogP contribution in [0.5, 0.6) is 0 Å². The quantitative estimate of drug-likeness (QED) is 0.500. The third kappa shape index (κ3) is 6.37. The van der Waals surface area contributed by atoms with Crippen LogP contribution in [0.3, 0.4) is 0 Å². The molecular formula is C23H28F3N5O3. The van der Waals surface area contributed by atoms with Crippen molar-refractivity contribution < 1.29 is 27.9 Å². The molecule has 4 rings (SSSR count). The Labute approximate surface area is 194 Å². The lowest BCUT2D eigenvalue weighted by Gasteiger charge is -2.34. The molecule has 3 aromatic rings. The third-order valence-electron chi connectivity index (χ3n) is 5.58. The molecule has 184 valence electrons. The minimum absolute atomic E-state index is 0.0231. The summed E-state index contributed by atoms with van der Waals surface area (Å²) in [4.78, 5) is 26.5. The zero-order chi connectivity index (χ0) is 24.9. The number of amides is 1. The molecule has 3 N–H and O–H groups in total. The average molecular weight is 480 g/mol. The van der Waals surface area contributed by atoms with Crippen molar-refractivity contribution in [1.82, 2.24) is 25.0 Å². The van der Waals surface area contributed by atoms with Gasteiger partial charge >= 0.3 is 12.1 Å². The number of nitrogens with zero attached hydrogens (tertiary/aromatic N) is 3. The van der Waals surface area contributed by atoms with Crippen LogP contribution < -0.4 is 5.32 Å². The minimum atomic E-state index is -5.08. The lowest BCUT2D eigenvalue weighted by Crippen LogP contribution is -2.39. The predicted molar refractivity (Wildman–Crippen MR) is 120 cm³/mol. The Morgan fingerprint density at radius 1 is 1.26 bits per heavy atom. The van der Waals surface area contributed by atoms with Gasteiger partial charge in [0, 0.05) is 55.4 Å². The number of rotatable bonds is 6. The van der Waals surface area contributed by atoms with Crippen molar-refractivity contribution in [3.05, 3.63) is 54.0 Å². The maximum atomic E-state index is 11.8. The highest BCUT2D eigenvalue weighted by molar-refractivity contribution is 5.82. The number of nitrogens with one attached hydrogen (secondary N) is 2. The van der Waals surface area contributed by atoms with Gasteiger partial charge in [-0.2, -0.15) is 18.3 Å². The number of carboxylic acid groups (broad SMARTS) is 1. The fourth-order valence-corrected chi connectivity index (χ4v) is 3.89. The van der Waals surface area contributed by atoms with Gasteiger partial charge in [-0.15, -0.1) is 0 Å². The number of carboxylic acids is 1. The van der Waals surface area contributed by atoms with Gasteiger partial charge in [-0.1, -0.05) is 26.0 Å². The summed E-state index contributed by atoms with van der Waals surface area (Å²) in [5.41, 5.74) is 3.76. The molecular weight excluding hydrogens is 451 g/mol. The number of carbonyl (C=O) groups is 2. The van der Waals surface area contributed by atoms with Gasteiger partial charge in [0.05, 0.1) is 11.7 Å². The summed E-state index contributed by atoms with van der Waals surface area (Å²) in [7, 11) is 0. The second-order valence-electron chi connectivity index (χ2n) is 8.48. The SMILES string of the molecule is CC(C)C(=O)NCCC1CN(Cc2cccc3[nH]ccc23)Cc2ccnn21.O=C(O)C(F)(F)F. The van der Waals surface area contributed by atoms with Crippen LogP contribution in [0.1, 0.15) is 37.6 Å². The van der Waals surface area contributed by atoms with Crippen LogP contribution in [-0.4, -0.2) is 55.9 Å². The fraction of sp³-hybridized carbons (Fsp3) is 0.435. The number of benzene rings is 1. The van der Waals surface area contributed by atoms with Crippen LogP contribution in [0, 0.1) is 5.92 Å². The Morgan fingerprint density at radius 3 is 2.68 bits per heavy atom. The number of aromatic nitrogens is 3. The van der Waals surface area contributed by atoms with Crippen molar-refractivity contribution in [3.63, 3.8) is 0 Å². The topological polar surface area (TPSA) is 103 Å². The molecule has 1 aliphatic rings. The van der Waals surface area contributed by atoms with Gasteiger partial charge in [0.2, 0.25) is 5.91 Å². The minimum Gasteiger partial charge on any atom is -0.475 e. The number of H-pyrrole nitrogens is 1. The van der Waals surface area contributed by atoms with Gasteiger partial charge in [0.1, 0.15) is 0 Å². The summed E-state index contributed by atoms with van der Waals surface area (Å²) < 4.78 is 33.9. The molecule has 34 heavy (non-hydrogen) atoms. The molecule has 1 unspecified atom stereocenters. The highest BCUT2D eigenvalue weighted by Gasteiger charge is 2.38. The molecule has 0 saturated carbocycles. The average Bonchev–Trinajstić information content (AvgIpc) is 3.43. The van der Waals surface area contributed by atoms with Gasteiger partial charge in [0.25, 0.3) is 0 Å². The first-order valence-electron chi connectivity index (χ1n) is 10.9. The molecule has 1 aromatic carbocycles. The highest BCUT2D eigenvalue weighted by atomic mass is 19.4. The van der Waals surface area contributed by atoms with E-state index in [4.69, 9.17) is 9.90 Å². The molecule has 1 aliphatic heterocycles. The largest absolute Gasteiger partial charge is 0.490 e. The first-order chi connectivity index (χ1) is 16.1. The molecule has 0 aliphatic carbocycles. The summed E-state index contributed by atoms with van der Waals surface area (Å²) in [5, 5.41) is 16.0. The summed E-state index contributed by atoms with van der Waals surface area (Å²) in [6.45, 7) is 7.27. The normalized spacial score (nSPS) is 16.1. The molecule has 1 atom stereocenters. The summed E-state index contributed by atoms with van der Waals surface area (Å²) >= 11 is 0. The smallest absolute Gasteiger partial charge is 0.475 e. The highest BCUT2D eigenvalue weighted by Crippen LogP contribution is 2.26. The van der Waals surface area contributed by atoms with E-state index in [0.29, 0.717) is 6.54 Å². The van der Waals surface area contributed by atoms with E-state index < -0.39 is 12.1 Å². The summed E-state index contributed by atoms with van der Waals surface area (Å²) in [6.07, 6.45) is -0.316. The molecule has 8 nitrogen and oxygen atoms in total. The summed E-state index contributed by atoms with van der Waals surface area (Å²) in [6, 6.07) is 11.0. The number of hydrogen-bond donors (Lipinski definition) is 3. The number of aromatic amines is 1. The number of halogens is 3. The number of fused-ring (bicyclic) bond motifs is 2. The van der Waals surface area contributed by atoms with Crippen LogP contribution in [-0.2, 0) is 22.7 Å². The van der Waals surface area contributed by atoms with Crippen molar-refractivity contribution >= 4 is 22.8 Å². The lowest BCUT2D eigenvalue weighted by atomic mass is 10.1. The zero-order valence-electron chi connectivity index (χ0n) is 19.0. The van der Waals surface area contributed by atoms with Gasteiger partial charge in [0.15, 0.2) is 0 Å². The van der Waals surface area contributed by atoms with Crippen molar-refractivity contribution in [2.75, 3.05) is 13.1 Å². The van der Waals surface area contributed by atoms with E-state index in [-0.39, 0.29) is 17.9 Å². The Bertz CT molecular complexity index is 1120. The van der Waals surface area contributed by atoms with Crippen LogP contribution in [0.15, 0.2) is 42.7 Å². The fourth-order valence-electron chi connectivity index (χ4n) is 3.89. The molecule has 0 saturated heterocycles. The van der Waals surface area contributed by atoms with Crippen molar-refractivity contribution in [3.8, 4) is 0 Å². The predicted octanol–water partition coefficient (Wildman–Crippen LogP) is 3.72. The van der Waals surface area contributed by atoms with Gasteiger partial charge < -0.3 is 15.4 Å². The maximum Gasteiger partial charge on any atom is 0.490 e. The van der Waals surface area contributed by atoms with E-state index in [9.17, 15) is 18.0 Å². The Balaban J connectivity index is 0.000000406. The molecule has 2 aromatic heterocycles. The molecule has 0 fully saturated rings.